The van der Waals surface area contributed by atoms with E-state index in [4.69, 9.17) is 16.3 Å². The van der Waals surface area contributed by atoms with E-state index in [1.165, 1.54) is 12.3 Å². The Kier molecular flexibility index (Phi) is 5.61. The predicted octanol–water partition coefficient (Wildman–Crippen LogP) is 3.25. The second-order valence-corrected chi connectivity index (χ2v) is 6.22. The third kappa shape index (κ3) is 4.20. The van der Waals surface area contributed by atoms with Crippen molar-refractivity contribution >= 4 is 34.8 Å². The third-order valence-electron chi connectivity index (χ3n) is 3.90. The van der Waals surface area contributed by atoms with Crippen molar-refractivity contribution in [2.45, 2.75) is 20.4 Å². The van der Waals surface area contributed by atoms with Crippen LogP contribution in [0.4, 0.5) is 0 Å². The number of amides is 1. The molecule has 0 radical (unpaired) electrons. The monoisotopic (exact) mass is 386 g/mol. The zero-order chi connectivity index (χ0) is 19.4. The van der Waals surface area contributed by atoms with Crippen molar-refractivity contribution in [2.24, 2.45) is 5.10 Å². The number of imidazole rings is 1. The Morgan fingerprint density at radius 1 is 1.41 bits per heavy atom. The van der Waals surface area contributed by atoms with Crippen molar-refractivity contribution in [3.05, 3.63) is 52.8 Å². The van der Waals surface area contributed by atoms with Crippen LogP contribution in [0.25, 0.3) is 11.0 Å². The van der Waals surface area contributed by atoms with Crippen molar-refractivity contribution in [1.82, 2.24) is 15.0 Å². The van der Waals surface area contributed by atoms with E-state index >= 15 is 0 Å². The number of para-hydroxylation sites is 2. The molecule has 1 heterocycles. The van der Waals surface area contributed by atoms with Crippen LogP contribution >= 0.6 is 11.6 Å². The molecule has 3 rings (SSSR count). The van der Waals surface area contributed by atoms with Crippen molar-refractivity contribution in [1.29, 1.82) is 0 Å². The van der Waals surface area contributed by atoms with Crippen LogP contribution < -0.4 is 10.2 Å². The number of benzene rings is 2. The van der Waals surface area contributed by atoms with Gasteiger partial charge in [-0.05, 0) is 43.7 Å². The van der Waals surface area contributed by atoms with Crippen LogP contribution in [0.1, 0.15) is 18.3 Å². The van der Waals surface area contributed by atoms with E-state index < -0.39 is 0 Å². The number of nitrogens with one attached hydrogen (secondary N) is 1. The Morgan fingerprint density at radius 3 is 2.96 bits per heavy atom. The van der Waals surface area contributed by atoms with Crippen LogP contribution in [-0.4, -0.2) is 33.4 Å². The highest BCUT2D eigenvalue weighted by atomic mass is 35.5. The first-order valence-corrected chi connectivity index (χ1v) is 8.76. The summed E-state index contributed by atoms with van der Waals surface area (Å²) in [5, 5.41) is 13.9. The van der Waals surface area contributed by atoms with Gasteiger partial charge in [0.2, 0.25) is 0 Å². The van der Waals surface area contributed by atoms with Crippen LogP contribution in [-0.2, 0) is 11.3 Å². The summed E-state index contributed by atoms with van der Waals surface area (Å²) in [6.07, 6.45) is 1.44. The van der Waals surface area contributed by atoms with E-state index in [-0.39, 0.29) is 29.0 Å². The van der Waals surface area contributed by atoms with Gasteiger partial charge in [-0.2, -0.15) is 5.10 Å². The number of phenolic OH excluding ortho intramolecular Hbond substituents is 1. The van der Waals surface area contributed by atoms with Crippen molar-refractivity contribution in [3.63, 3.8) is 0 Å². The second kappa shape index (κ2) is 8.09. The number of aromatic hydroxyl groups is 1. The summed E-state index contributed by atoms with van der Waals surface area (Å²) in [7, 11) is 0. The van der Waals surface area contributed by atoms with Gasteiger partial charge in [0.1, 0.15) is 12.4 Å². The number of phenols is 1. The van der Waals surface area contributed by atoms with Gasteiger partial charge in [0.05, 0.1) is 28.9 Å². The molecule has 0 fully saturated rings. The molecular formula is C19H19ClN4O3. The molecule has 1 amide bonds. The van der Waals surface area contributed by atoms with Crippen LogP contribution in [0.2, 0.25) is 5.02 Å². The van der Waals surface area contributed by atoms with E-state index in [1.54, 1.807) is 13.0 Å². The molecule has 0 aliphatic heterocycles. The lowest BCUT2D eigenvalue weighted by Crippen LogP contribution is -2.23. The van der Waals surface area contributed by atoms with E-state index in [1.807, 2.05) is 35.8 Å². The number of fused-ring (bicyclic) bond motifs is 1. The smallest absolute Gasteiger partial charge is 0.260 e. The zero-order valence-electron chi connectivity index (χ0n) is 14.9. The number of aryl methyl sites for hydroxylation is 1. The maximum atomic E-state index is 12.2. The van der Waals surface area contributed by atoms with Crippen LogP contribution in [0.15, 0.2) is 41.5 Å². The van der Waals surface area contributed by atoms with E-state index in [9.17, 15) is 9.90 Å². The molecule has 2 N–H and O–H groups in total. The lowest BCUT2D eigenvalue weighted by Gasteiger charge is -2.08. The largest absolute Gasteiger partial charge is 0.503 e. The fourth-order valence-corrected chi connectivity index (χ4v) is 2.91. The van der Waals surface area contributed by atoms with Gasteiger partial charge in [0, 0.05) is 0 Å². The van der Waals surface area contributed by atoms with Gasteiger partial charge in [-0.15, -0.1) is 0 Å². The molecule has 7 nitrogen and oxygen atoms in total. The molecule has 1 aromatic heterocycles. The first kappa shape index (κ1) is 18.7. The summed E-state index contributed by atoms with van der Waals surface area (Å²) in [4.78, 5) is 16.7. The Hall–Kier alpha value is -3.06. The highest BCUT2D eigenvalue weighted by Crippen LogP contribution is 2.34. The zero-order valence-corrected chi connectivity index (χ0v) is 15.7. The maximum Gasteiger partial charge on any atom is 0.260 e. The Bertz CT molecular complexity index is 1010. The SMILES string of the molecule is CCOc1cc(/C=N/NC(=O)Cn2c(C)nc3ccccc32)cc(Cl)c1O. The number of hydrogen-bond donors (Lipinski definition) is 2. The van der Waals surface area contributed by atoms with E-state index in [0.717, 1.165) is 16.9 Å². The van der Waals surface area contributed by atoms with Gasteiger partial charge in [0.15, 0.2) is 11.5 Å². The third-order valence-corrected chi connectivity index (χ3v) is 4.19. The number of aromatic nitrogens is 2. The van der Waals surface area contributed by atoms with Gasteiger partial charge in [0.25, 0.3) is 5.91 Å². The molecule has 0 unspecified atom stereocenters. The average Bonchev–Trinajstić information content (AvgIpc) is 2.95. The standard InChI is InChI=1S/C19H19ClN4O3/c1-3-27-17-9-13(8-14(20)19(17)26)10-21-23-18(25)11-24-12(2)22-15-6-4-5-7-16(15)24/h4-10,26H,3,11H2,1-2H3,(H,23,25)/b21-10+. The van der Waals surface area contributed by atoms with Crippen LogP contribution in [0.5, 0.6) is 11.5 Å². The fraction of sp³-hybridized carbons (Fsp3) is 0.211. The molecule has 0 spiro atoms. The molecule has 0 aliphatic rings. The van der Waals surface area contributed by atoms with Gasteiger partial charge < -0.3 is 14.4 Å². The summed E-state index contributed by atoms with van der Waals surface area (Å²) in [5.74, 6) is 0.606. The molecule has 0 atom stereocenters. The van der Waals surface area contributed by atoms with Gasteiger partial charge in [-0.1, -0.05) is 23.7 Å². The highest BCUT2D eigenvalue weighted by molar-refractivity contribution is 6.32. The molecule has 0 saturated carbocycles. The lowest BCUT2D eigenvalue weighted by atomic mass is 10.2. The lowest BCUT2D eigenvalue weighted by molar-refractivity contribution is -0.121. The van der Waals surface area contributed by atoms with Crippen molar-refractivity contribution < 1.29 is 14.6 Å². The van der Waals surface area contributed by atoms with Crippen LogP contribution in [0.3, 0.4) is 0 Å². The summed E-state index contributed by atoms with van der Waals surface area (Å²) >= 11 is 5.97. The van der Waals surface area contributed by atoms with Crippen LogP contribution in [0, 0.1) is 6.92 Å². The Morgan fingerprint density at radius 2 is 2.19 bits per heavy atom. The van der Waals surface area contributed by atoms with E-state index in [0.29, 0.717) is 12.2 Å². The fourth-order valence-electron chi connectivity index (χ4n) is 2.69. The highest BCUT2D eigenvalue weighted by Gasteiger charge is 2.11. The second-order valence-electron chi connectivity index (χ2n) is 5.81. The molecule has 0 aliphatic carbocycles. The molecule has 8 heteroatoms. The normalized spacial score (nSPS) is 11.2. The molecule has 140 valence electrons. The number of hydrogen-bond acceptors (Lipinski definition) is 5. The van der Waals surface area contributed by atoms with E-state index in [2.05, 4.69) is 15.5 Å². The molecule has 0 saturated heterocycles. The number of rotatable bonds is 6. The minimum Gasteiger partial charge on any atom is -0.503 e. The van der Waals surface area contributed by atoms with Crippen molar-refractivity contribution in [2.75, 3.05) is 6.61 Å². The summed E-state index contributed by atoms with van der Waals surface area (Å²) in [6.45, 7) is 4.14. The average molecular weight is 387 g/mol. The maximum absolute atomic E-state index is 12.2. The van der Waals surface area contributed by atoms with Crippen molar-refractivity contribution in [3.8, 4) is 11.5 Å². The number of carbonyl (C=O) groups excluding carboxylic acids is 1. The number of hydrazone groups is 1. The first-order valence-electron chi connectivity index (χ1n) is 8.38. The molecule has 2 aromatic carbocycles. The topological polar surface area (TPSA) is 88.7 Å². The molecule has 27 heavy (non-hydrogen) atoms. The van der Waals surface area contributed by atoms with Gasteiger partial charge in [-0.3, -0.25) is 4.79 Å². The number of nitrogens with zero attached hydrogens (tertiary/aromatic N) is 3. The number of carbonyl (C=O) groups is 1. The predicted molar refractivity (Wildman–Crippen MR) is 104 cm³/mol. The summed E-state index contributed by atoms with van der Waals surface area (Å²) in [5.41, 5.74) is 4.80. The van der Waals surface area contributed by atoms with Gasteiger partial charge in [-0.25, -0.2) is 10.4 Å². The Labute approximate surface area is 161 Å². The number of halogens is 1. The molecule has 3 aromatic rings. The summed E-state index contributed by atoms with van der Waals surface area (Å²) in [6, 6.07) is 10.7. The molecule has 0 bridgehead atoms. The minimum atomic E-state index is -0.285. The van der Waals surface area contributed by atoms with Gasteiger partial charge >= 0.3 is 0 Å². The number of ether oxygens (including phenoxy) is 1. The minimum absolute atomic E-state index is 0.101. The Balaban J connectivity index is 1.69. The quantitative estimate of drug-likeness (QED) is 0.502. The summed E-state index contributed by atoms with van der Waals surface area (Å²) < 4.78 is 7.14. The first-order chi connectivity index (χ1) is 13.0. The molecular weight excluding hydrogens is 368 g/mol.